The van der Waals surface area contributed by atoms with E-state index in [-0.39, 0.29) is 5.91 Å². The standard InChI is InChI=1S/C26H24N4O/c1-18-6-10-20(11-7-18)17-27-26(31)22-4-3-5-23(16-22)28-25-15-14-24(29-30-25)21-12-8-19(2)9-13-21/h3-16H,17H2,1-2H3,(H,27,31)(H,28,30). The number of aromatic nitrogens is 2. The third-order valence-corrected chi connectivity index (χ3v) is 4.98. The van der Waals surface area contributed by atoms with E-state index < -0.39 is 0 Å². The van der Waals surface area contributed by atoms with E-state index in [1.807, 2.05) is 67.6 Å². The number of carbonyl (C=O) groups excluding carboxylic acids is 1. The van der Waals surface area contributed by atoms with Crippen LogP contribution in [0.2, 0.25) is 0 Å². The fraction of sp³-hybridized carbons (Fsp3) is 0.115. The number of nitrogens with zero attached hydrogens (tertiary/aromatic N) is 2. The molecule has 0 saturated carbocycles. The zero-order chi connectivity index (χ0) is 21.6. The van der Waals surface area contributed by atoms with Crippen LogP contribution in [0, 0.1) is 13.8 Å². The van der Waals surface area contributed by atoms with Crippen molar-refractivity contribution in [3.63, 3.8) is 0 Å². The van der Waals surface area contributed by atoms with Crippen LogP contribution >= 0.6 is 0 Å². The van der Waals surface area contributed by atoms with E-state index in [0.29, 0.717) is 17.9 Å². The molecule has 0 aliphatic carbocycles. The monoisotopic (exact) mass is 408 g/mol. The van der Waals surface area contributed by atoms with Crippen molar-refractivity contribution >= 4 is 17.4 Å². The molecule has 154 valence electrons. The highest BCUT2D eigenvalue weighted by Crippen LogP contribution is 2.20. The molecule has 0 aliphatic heterocycles. The number of benzene rings is 3. The molecule has 0 fully saturated rings. The zero-order valence-electron chi connectivity index (χ0n) is 17.6. The number of hydrogen-bond acceptors (Lipinski definition) is 4. The summed E-state index contributed by atoms with van der Waals surface area (Å²) in [4.78, 5) is 12.5. The minimum Gasteiger partial charge on any atom is -0.348 e. The Morgan fingerprint density at radius 2 is 1.52 bits per heavy atom. The molecule has 4 aromatic rings. The van der Waals surface area contributed by atoms with Crippen LogP contribution in [0.5, 0.6) is 0 Å². The van der Waals surface area contributed by atoms with E-state index in [1.54, 1.807) is 12.1 Å². The summed E-state index contributed by atoms with van der Waals surface area (Å²) < 4.78 is 0. The maximum absolute atomic E-state index is 12.5. The first-order chi connectivity index (χ1) is 15.1. The van der Waals surface area contributed by atoms with Gasteiger partial charge < -0.3 is 10.6 Å². The molecule has 5 heteroatoms. The second kappa shape index (κ2) is 9.22. The number of hydrogen-bond donors (Lipinski definition) is 2. The van der Waals surface area contributed by atoms with E-state index in [1.165, 1.54) is 11.1 Å². The van der Waals surface area contributed by atoms with Gasteiger partial charge in [-0.25, -0.2) is 0 Å². The lowest BCUT2D eigenvalue weighted by Crippen LogP contribution is -2.22. The van der Waals surface area contributed by atoms with Gasteiger partial charge in [-0.15, -0.1) is 10.2 Å². The number of aryl methyl sites for hydroxylation is 2. The summed E-state index contributed by atoms with van der Waals surface area (Å²) in [6.45, 7) is 4.59. The van der Waals surface area contributed by atoms with Gasteiger partial charge >= 0.3 is 0 Å². The van der Waals surface area contributed by atoms with Crippen molar-refractivity contribution in [2.45, 2.75) is 20.4 Å². The molecule has 31 heavy (non-hydrogen) atoms. The van der Waals surface area contributed by atoms with Crippen molar-refractivity contribution in [2.75, 3.05) is 5.32 Å². The van der Waals surface area contributed by atoms with Gasteiger partial charge in [-0.05, 0) is 49.7 Å². The molecule has 0 saturated heterocycles. The van der Waals surface area contributed by atoms with Crippen LogP contribution in [-0.2, 0) is 6.54 Å². The van der Waals surface area contributed by atoms with Gasteiger partial charge in [0, 0.05) is 23.4 Å². The Morgan fingerprint density at radius 3 is 2.19 bits per heavy atom. The van der Waals surface area contributed by atoms with Crippen molar-refractivity contribution in [1.29, 1.82) is 0 Å². The minimum atomic E-state index is -0.120. The predicted octanol–water partition coefficient (Wildman–Crippen LogP) is 5.43. The predicted molar refractivity (Wildman–Crippen MR) is 124 cm³/mol. The molecule has 3 aromatic carbocycles. The highest BCUT2D eigenvalue weighted by molar-refractivity contribution is 5.95. The van der Waals surface area contributed by atoms with Gasteiger partial charge in [0.1, 0.15) is 0 Å². The number of amides is 1. The highest BCUT2D eigenvalue weighted by atomic mass is 16.1. The zero-order valence-corrected chi connectivity index (χ0v) is 17.6. The Hall–Kier alpha value is -3.99. The maximum Gasteiger partial charge on any atom is 0.251 e. The Kier molecular flexibility index (Phi) is 6.03. The minimum absolute atomic E-state index is 0.120. The van der Waals surface area contributed by atoms with Crippen molar-refractivity contribution < 1.29 is 4.79 Å². The fourth-order valence-electron chi connectivity index (χ4n) is 3.15. The summed E-state index contributed by atoms with van der Waals surface area (Å²) in [5.74, 6) is 0.498. The van der Waals surface area contributed by atoms with Gasteiger partial charge in [-0.2, -0.15) is 0 Å². The Morgan fingerprint density at radius 1 is 0.806 bits per heavy atom. The number of carbonyl (C=O) groups is 1. The topological polar surface area (TPSA) is 66.9 Å². The Labute approximate surface area is 182 Å². The van der Waals surface area contributed by atoms with Crippen LogP contribution in [0.15, 0.2) is 84.9 Å². The number of nitrogens with one attached hydrogen (secondary N) is 2. The third kappa shape index (κ3) is 5.34. The first-order valence-electron chi connectivity index (χ1n) is 10.2. The summed E-state index contributed by atoms with van der Waals surface area (Å²) in [5, 5.41) is 14.8. The van der Waals surface area contributed by atoms with Crippen LogP contribution in [0.4, 0.5) is 11.5 Å². The molecule has 0 unspecified atom stereocenters. The summed E-state index contributed by atoms with van der Waals surface area (Å²) in [6.07, 6.45) is 0. The number of anilines is 2. The third-order valence-electron chi connectivity index (χ3n) is 4.98. The molecule has 0 spiro atoms. The molecule has 0 bridgehead atoms. The molecule has 2 N–H and O–H groups in total. The lowest BCUT2D eigenvalue weighted by atomic mass is 10.1. The molecule has 0 radical (unpaired) electrons. The number of rotatable bonds is 6. The van der Waals surface area contributed by atoms with Crippen molar-refractivity contribution in [1.82, 2.24) is 15.5 Å². The molecule has 1 amide bonds. The van der Waals surface area contributed by atoms with Crippen LogP contribution in [0.25, 0.3) is 11.3 Å². The largest absolute Gasteiger partial charge is 0.348 e. The van der Waals surface area contributed by atoms with Gasteiger partial charge in [0.25, 0.3) is 5.91 Å². The molecule has 1 aromatic heterocycles. The van der Waals surface area contributed by atoms with Crippen LogP contribution in [0.1, 0.15) is 27.0 Å². The summed E-state index contributed by atoms with van der Waals surface area (Å²) in [5.41, 5.74) is 6.67. The molecule has 5 nitrogen and oxygen atoms in total. The first kappa shape index (κ1) is 20.3. The summed E-state index contributed by atoms with van der Waals surface area (Å²) in [6, 6.07) is 27.4. The maximum atomic E-state index is 12.5. The van der Waals surface area contributed by atoms with Gasteiger partial charge in [0.2, 0.25) is 0 Å². The van der Waals surface area contributed by atoms with Gasteiger partial charge in [-0.1, -0.05) is 65.7 Å². The molecule has 0 aliphatic rings. The van der Waals surface area contributed by atoms with E-state index in [4.69, 9.17) is 0 Å². The Bertz CT molecular complexity index is 1170. The molecular formula is C26H24N4O. The smallest absolute Gasteiger partial charge is 0.251 e. The SMILES string of the molecule is Cc1ccc(CNC(=O)c2cccc(Nc3ccc(-c4ccc(C)cc4)nn3)c2)cc1. The second-order valence-electron chi connectivity index (χ2n) is 7.54. The van der Waals surface area contributed by atoms with Crippen LogP contribution in [-0.4, -0.2) is 16.1 Å². The van der Waals surface area contributed by atoms with Gasteiger partial charge in [0.15, 0.2) is 5.82 Å². The average molecular weight is 409 g/mol. The van der Waals surface area contributed by atoms with Gasteiger partial charge in [0.05, 0.1) is 5.69 Å². The summed E-state index contributed by atoms with van der Waals surface area (Å²) in [7, 11) is 0. The molecule has 0 atom stereocenters. The fourth-order valence-corrected chi connectivity index (χ4v) is 3.15. The van der Waals surface area contributed by atoms with Crippen molar-refractivity contribution in [2.24, 2.45) is 0 Å². The van der Waals surface area contributed by atoms with E-state index in [2.05, 4.69) is 39.9 Å². The lowest BCUT2D eigenvalue weighted by molar-refractivity contribution is 0.0951. The van der Waals surface area contributed by atoms with E-state index in [9.17, 15) is 4.79 Å². The normalized spacial score (nSPS) is 10.5. The van der Waals surface area contributed by atoms with E-state index in [0.717, 1.165) is 22.5 Å². The first-order valence-corrected chi connectivity index (χ1v) is 10.2. The van der Waals surface area contributed by atoms with Gasteiger partial charge in [-0.3, -0.25) is 4.79 Å². The summed E-state index contributed by atoms with van der Waals surface area (Å²) >= 11 is 0. The second-order valence-corrected chi connectivity index (χ2v) is 7.54. The molecule has 1 heterocycles. The average Bonchev–Trinajstić information content (AvgIpc) is 2.80. The van der Waals surface area contributed by atoms with Crippen molar-refractivity contribution in [3.8, 4) is 11.3 Å². The molecule has 4 rings (SSSR count). The Balaban J connectivity index is 1.40. The van der Waals surface area contributed by atoms with E-state index >= 15 is 0 Å². The quantitative estimate of drug-likeness (QED) is 0.446. The highest BCUT2D eigenvalue weighted by Gasteiger charge is 2.07. The van der Waals surface area contributed by atoms with Crippen LogP contribution < -0.4 is 10.6 Å². The molecular weight excluding hydrogens is 384 g/mol. The van der Waals surface area contributed by atoms with Crippen molar-refractivity contribution in [3.05, 3.63) is 107 Å². The van der Waals surface area contributed by atoms with Crippen LogP contribution in [0.3, 0.4) is 0 Å². The lowest BCUT2D eigenvalue weighted by Gasteiger charge is -2.09.